The largest absolute Gasteiger partial charge is 0.480 e. The molecule has 2 aromatic heterocycles. The van der Waals surface area contributed by atoms with Crippen LogP contribution in [0.3, 0.4) is 0 Å². The highest BCUT2D eigenvalue weighted by molar-refractivity contribution is 7.89. The van der Waals surface area contributed by atoms with Crippen LogP contribution in [-0.2, 0) is 10.0 Å². The highest BCUT2D eigenvalue weighted by Crippen LogP contribution is 2.46. The first-order valence-electron chi connectivity index (χ1n) is 8.89. The molecule has 1 fully saturated rings. The van der Waals surface area contributed by atoms with Crippen LogP contribution in [0, 0.1) is 0 Å². The van der Waals surface area contributed by atoms with Gasteiger partial charge in [0, 0.05) is 22.5 Å². The van der Waals surface area contributed by atoms with E-state index in [4.69, 9.17) is 26.2 Å². The van der Waals surface area contributed by atoms with Crippen molar-refractivity contribution in [3.63, 3.8) is 0 Å². The molecule has 0 unspecified atom stereocenters. The normalized spacial score (nSPS) is 14.5. The summed E-state index contributed by atoms with van der Waals surface area (Å²) in [5.74, 6) is 0.130. The van der Waals surface area contributed by atoms with Crippen LogP contribution < -0.4 is 14.6 Å². The number of methoxy groups -OCH3 is 1. The smallest absolute Gasteiger partial charge is 0.272 e. The Hall–Kier alpha value is -2.50. The van der Waals surface area contributed by atoms with E-state index in [1.165, 1.54) is 23.9 Å². The van der Waals surface area contributed by atoms with Crippen LogP contribution in [-0.4, -0.2) is 43.1 Å². The molecule has 1 aliphatic carbocycles. The Balaban J connectivity index is 1.94. The van der Waals surface area contributed by atoms with E-state index >= 15 is 0 Å². The predicted octanol–water partition coefficient (Wildman–Crippen LogP) is 3.25. The van der Waals surface area contributed by atoms with Crippen molar-refractivity contribution in [3.05, 3.63) is 35.1 Å². The molecule has 2 heterocycles. The third-order valence-electron chi connectivity index (χ3n) is 4.61. The number of fused-ring (bicyclic) bond motifs is 1. The van der Waals surface area contributed by atoms with Crippen molar-refractivity contribution in [1.82, 2.24) is 14.5 Å². The van der Waals surface area contributed by atoms with Gasteiger partial charge in [0.2, 0.25) is 21.7 Å². The second-order valence-electron chi connectivity index (χ2n) is 6.79. The maximum Gasteiger partial charge on any atom is 0.272 e. The molecule has 0 saturated heterocycles. The van der Waals surface area contributed by atoms with Crippen molar-refractivity contribution in [2.24, 2.45) is 5.14 Å². The van der Waals surface area contributed by atoms with E-state index in [1.54, 1.807) is 12.1 Å². The molecule has 8 nitrogen and oxygen atoms in total. The summed E-state index contributed by atoms with van der Waals surface area (Å²) in [6.45, 7) is -0.823. The van der Waals surface area contributed by atoms with Crippen molar-refractivity contribution >= 4 is 32.5 Å². The van der Waals surface area contributed by atoms with Crippen LogP contribution >= 0.6 is 11.6 Å². The van der Waals surface area contributed by atoms with Gasteiger partial charge < -0.3 is 9.47 Å². The Morgan fingerprint density at radius 1 is 1.33 bits per heavy atom. The molecule has 0 radical (unpaired) electrons. The lowest BCUT2D eigenvalue weighted by Gasteiger charge is -2.15. The van der Waals surface area contributed by atoms with Crippen LogP contribution in [0.4, 0.5) is 8.78 Å². The first-order chi connectivity index (χ1) is 14.2. The number of ether oxygens (including phenoxy) is 2. The van der Waals surface area contributed by atoms with Crippen molar-refractivity contribution < 1.29 is 26.7 Å². The van der Waals surface area contributed by atoms with Gasteiger partial charge in [-0.2, -0.15) is 4.98 Å². The highest BCUT2D eigenvalue weighted by atomic mass is 35.5. The quantitative estimate of drug-likeness (QED) is 0.582. The summed E-state index contributed by atoms with van der Waals surface area (Å²) < 4.78 is 61.4. The van der Waals surface area contributed by atoms with Crippen LogP contribution in [0.25, 0.3) is 16.9 Å². The highest BCUT2D eigenvalue weighted by Gasteiger charge is 2.33. The average molecular weight is 459 g/mol. The van der Waals surface area contributed by atoms with E-state index in [2.05, 4.69) is 9.97 Å². The standard InChI is InChI=1S/C18H17ClF2N4O4S/c1-28-17-16(29-8-14(20)21)15(9-2-3-9)23-18(24-17)25-7-13(30(22,26)27)11-5-4-10(19)6-12(11)25/h4-7,9,14H,2-3,8H2,1H3,(H2,22,26,27). The monoisotopic (exact) mass is 458 g/mol. The number of aromatic nitrogens is 3. The molecular formula is C18H17ClF2N4O4S. The van der Waals surface area contributed by atoms with Gasteiger partial charge in [-0.1, -0.05) is 11.6 Å². The summed E-state index contributed by atoms with van der Waals surface area (Å²) >= 11 is 6.10. The van der Waals surface area contributed by atoms with Crippen molar-refractivity contribution in [3.8, 4) is 17.6 Å². The Bertz CT molecular complexity index is 1230. The summed E-state index contributed by atoms with van der Waals surface area (Å²) in [5.41, 5.74) is 0.843. The summed E-state index contributed by atoms with van der Waals surface area (Å²) in [5, 5.41) is 6.07. The minimum absolute atomic E-state index is 0.0106. The number of hydrogen-bond acceptors (Lipinski definition) is 6. The Kier molecular flexibility index (Phi) is 5.28. The molecule has 2 N–H and O–H groups in total. The van der Waals surface area contributed by atoms with Gasteiger partial charge in [0.1, 0.15) is 11.5 Å². The predicted molar refractivity (Wildman–Crippen MR) is 105 cm³/mol. The van der Waals surface area contributed by atoms with Crippen LogP contribution in [0.2, 0.25) is 5.02 Å². The zero-order valence-corrected chi connectivity index (χ0v) is 17.3. The SMILES string of the molecule is COc1nc(-n2cc(S(N)(=O)=O)c3ccc(Cl)cc32)nc(C2CC2)c1OCC(F)F. The molecule has 160 valence electrons. The number of alkyl halides is 2. The number of primary sulfonamides is 1. The van der Waals surface area contributed by atoms with Crippen molar-refractivity contribution in [1.29, 1.82) is 0 Å². The van der Waals surface area contributed by atoms with Gasteiger partial charge in [-0.25, -0.2) is 27.3 Å². The second-order valence-corrected chi connectivity index (χ2v) is 8.76. The number of nitrogens with two attached hydrogens (primary N) is 1. The molecule has 0 amide bonds. The van der Waals surface area contributed by atoms with E-state index in [9.17, 15) is 17.2 Å². The van der Waals surface area contributed by atoms with Crippen molar-refractivity contribution in [2.45, 2.75) is 30.1 Å². The summed E-state index contributed by atoms with van der Waals surface area (Å²) in [4.78, 5) is 8.63. The van der Waals surface area contributed by atoms with Gasteiger partial charge in [0.25, 0.3) is 12.3 Å². The minimum atomic E-state index is -4.04. The van der Waals surface area contributed by atoms with Crippen LogP contribution in [0.5, 0.6) is 11.6 Å². The maximum absolute atomic E-state index is 12.7. The Morgan fingerprint density at radius 3 is 2.67 bits per heavy atom. The summed E-state index contributed by atoms with van der Waals surface area (Å²) in [7, 11) is -2.71. The van der Waals surface area contributed by atoms with E-state index < -0.39 is 23.1 Å². The lowest BCUT2D eigenvalue weighted by atomic mass is 10.2. The van der Waals surface area contributed by atoms with E-state index in [0.29, 0.717) is 21.6 Å². The number of sulfonamides is 1. The molecule has 1 aromatic carbocycles. The zero-order valence-electron chi connectivity index (χ0n) is 15.7. The number of nitrogens with zero attached hydrogens (tertiary/aromatic N) is 3. The molecule has 0 bridgehead atoms. The molecule has 1 saturated carbocycles. The van der Waals surface area contributed by atoms with E-state index in [-0.39, 0.29) is 28.4 Å². The third-order valence-corrected chi connectivity index (χ3v) is 5.79. The molecule has 4 rings (SSSR count). The molecule has 0 atom stereocenters. The molecule has 0 aliphatic heterocycles. The molecule has 30 heavy (non-hydrogen) atoms. The van der Waals surface area contributed by atoms with Gasteiger partial charge >= 0.3 is 0 Å². The van der Waals surface area contributed by atoms with E-state index in [1.807, 2.05) is 0 Å². The lowest BCUT2D eigenvalue weighted by molar-refractivity contribution is 0.0792. The maximum atomic E-state index is 12.7. The van der Waals surface area contributed by atoms with Crippen LogP contribution in [0.1, 0.15) is 24.5 Å². The average Bonchev–Trinajstić information content (AvgIpc) is 3.45. The molecule has 0 spiro atoms. The lowest BCUT2D eigenvalue weighted by Crippen LogP contribution is -2.13. The molecular weight excluding hydrogens is 442 g/mol. The topological polar surface area (TPSA) is 109 Å². The summed E-state index contributed by atoms with van der Waals surface area (Å²) in [6, 6.07) is 4.63. The Labute approximate surface area is 175 Å². The molecule has 1 aliphatic rings. The first-order valence-corrected chi connectivity index (χ1v) is 10.8. The summed E-state index contributed by atoms with van der Waals surface area (Å²) in [6.07, 6.45) is 0.243. The number of rotatable bonds is 7. The zero-order chi connectivity index (χ0) is 21.6. The van der Waals surface area contributed by atoms with Crippen molar-refractivity contribution in [2.75, 3.05) is 13.7 Å². The van der Waals surface area contributed by atoms with Gasteiger partial charge in [0.15, 0.2) is 0 Å². The minimum Gasteiger partial charge on any atom is -0.480 e. The van der Waals surface area contributed by atoms with Gasteiger partial charge in [-0.15, -0.1) is 0 Å². The molecule has 3 aromatic rings. The number of hydrogen-bond donors (Lipinski definition) is 1. The third kappa shape index (κ3) is 3.92. The second kappa shape index (κ2) is 7.64. The number of benzene rings is 1. The van der Waals surface area contributed by atoms with Gasteiger partial charge in [-0.05, 0) is 31.0 Å². The van der Waals surface area contributed by atoms with Gasteiger partial charge in [-0.3, -0.25) is 4.57 Å². The first kappa shape index (κ1) is 20.8. The fourth-order valence-corrected chi connectivity index (χ4v) is 4.06. The Morgan fingerprint density at radius 2 is 2.07 bits per heavy atom. The molecule has 12 heteroatoms. The van der Waals surface area contributed by atoms with E-state index in [0.717, 1.165) is 12.8 Å². The van der Waals surface area contributed by atoms with Gasteiger partial charge in [0.05, 0.1) is 18.3 Å². The van der Waals surface area contributed by atoms with Crippen LogP contribution in [0.15, 0.2) is 29.3 Å². The number of halogens is 3. The fourth-order valence-electron chi connectivity index (χ4n) is 3.16. The fraction of sp³-hybridized carbons (Fsp3) is 0.333.